The van der Waals surface area contributed by atoms with Gasteiger partial charge in [-0.15, -0.1) is 0 Å². The number of rotatable bonds is 8. The monoisotopic (exact) mass is 518 g/mol. The average Bonchev–Trinajstić information content (AvgIpc) is 2.88. The summed E-state index contributed by atoms with van der Waals surface area (Å²) in [5.41, 5.74) is 1.20. The lowest BCUT2D eigenvalue weighted by atomic mass is 9.90. The Morgan fingerprint density at radius 2 is 1.68 bits per heavy atom. The van der Waals surface area contributed by atoms with Crippen molar-refractivity contribution in [2.24, 2.45) is 0 Å². The third-order valence-electron chi connectivity index (χ3n) is 6.46. The Labute approximate surface area is 212 Å². The Hall–Kier alpha value is -3.23. The molecule has 196 valence electrons. The highest BCUT2D eigenvalue weighted by Crippen LogP contribution is 2.35. The van der Waals surface area contributed by atoms with E-state index in [1.165, 1.54) is 43.3 Å². The lowest BCUT2D eigenvalue weighted by Gasteiger charge is -2.23. The normalized spacial score (nSPS) is 16.4. The molecular formula is C29H27F5O3. The first-order valence-corrected chi connectivity index (χ1v) is 12.1. The third kappa shape index (κ3) is 5.70. The minimum absolute atomic E-state index is 0.0586. The predicted octanol–water partition coefficient (Wildman–Crippen LogP) is 7.65. The van der Waals surface area contributed by atoms with E-state index in [9.17, 15) is 27.1 Å². The van der Waals surface area contributed by atoms with Crippen LogP contribution in [0, 0.1) is 29.1 Å². The van der Waals surface area contributed by atoms with Gasteiger partial charge in [0.15, 0.2) is 23.2 Å². The number of benzene rings is 3. The average molecular weight is 519 g/mol. The number of ether oxygens (including phenoxy) is 2. The van der Waals surface area contributed by atoms with Gasteiger partial charge in [-0.05, 0) is 62.4 Å². The second kappa shape index (κ2) is 11.4. The van der Waals surface area contributed by atoms with Crippen LogP contribution in [0.4, 0.5) is 22.0 Å². The topological polar surface area (TPSA) is 38.7 Å². The zero-order valence-corrected chi connectivity index (χ0v) is 20.5. The Kier molecular flexibility index (Phi) is 8.29. The Morgan fingerprint density at radius 3 is 2.32 bits per heavy atom. The molecule has 0 aliphatic heterocycles. The summed E-state index contributed by atoms with van der Waals surface area (Å²) in [5, 5.41) is 9.51. The quantitative estimate of drug-likeness (QED) is 0.311. The zero-order valence-electron chi connectivity index (χ0n) is 20.5. The van der Waals surface area contributed by atoms with E-state index >= 15 is 0 Å². The van der Waals surface area contributed by atoms with Gasteiger partial charge in [0, 0.05) is 22.3 Å². The molecule has 0 saturated carbocycles. The van der Waals surface area contributed by atoms with Gasteiger partial charge in [-0.25, -0.2) is 17.6 Å². The van der Waals surface area contributed by atoms with Crippen LogP contribution < -0.4 is 4.74 Å². The fourth-order valence-corrected chi connectivity index (χ4v) is 4.41. The number of aliphatic hydroxyl groups is 1. The van der Waals surface area contributed by atoms with E-state index in [4.69, 9.17) is 9.47 Å². The first-order valence-electron chi connectivity index (χ1n) is 12.1. The van der Waals surface area contributed by atoms with Crippen molar-refractivity contribution in [3.8, 4) is 16.9 Å². The van der Waals surface area contributed by atoms with E-state index in [1.807, 2.05) is 6.08 Å². The van der Waals surface area contributed by atoms with Crippen molar-refractivity contribution in [1.82, 2.24) is 0 Å². The van der Waals surface area contributed by atoms with Crippen molar-refractivity contribution in [1.29, 1.82) is 0 Å². The lowest BCUT2D eigenvalue weighted by Crippen LogP contribution is -2.16. The van der Waals surface area contributed by atoms with Crippen LogP contribution >= 0.6 is 0 Å². The molecule has 0 aromatic heterocycles. The zero-order chi connectivity index (χ0) is 26.7. The molecule has 8 heteroatoms. The molecule has 0 heterocycles. The van der Waals surface area contributed by atoms with Crippen molar-refractivity contribution >= 4 is 5.57 Å². The fraction of sp³-hybridized carbons (Fsp3) is 0.310. The highest BCUT2D eigenvalue weighted by atomic mass is 19.2. The van der Waals surface area contributed by atoms with Crippen LogP contribution in [0.1, 0.15) is 55.9 Å². The molecule has 1 aliphatic rings. The second-order valence-electron chi connectivity index (χ2n) is 8.92. The summed E-state index contributed by atoms with van der Waals surface area (Å²) in [7, 11) is 0. The van der Waals surface area contributed by atoms with Crippen LogP contribution in [0.25, 0.3) is 16.7 Å². The summed E-state index contributed by atoms with van der Waals surface area (Å²) in [5.74, 6) is -5.37. The van der Waals surface area contributed by atoms with Gasteiger partial charge in [-0.1, -0.05) is 30.3 Å². The Balaban J connectivity index is 1.43. The Morgan fingerprint density at radius 1 is 0.919 bits per heavy atom. The highest BCUT2D eigenvalue weighted by molar-refractivity contribution is 5.72. The van der Waals surface area contributed by atoms with E-state index in [2.05, 4.69) is 0 Å². The molecular weight excluding hydrogens is 491 g/mol. The fourth-order valence-electron chi connectivity index (χ4n) is 4.41. The standard InChI is InChI=1S/C29H27F5O3/c1-3-36-25-13-12-23(28(33)29(25)34)22-11-6-18(14-24(22)30)17-4-8-20(9-5-17)37-15-19-7-10-21(16(2)35)27(32)26(19)31/h4,6-7,10-14,16,20,35H,3,5,8-9,15H2,1-2H3. The molecule has 37 heavy (non-hydrogen) atoms. The van der Waals surface area contributed by atoms with Crippen LogP contribution in [0.15, 0.2) is 48.5 Å². The summed E-state index contributed by atoms with van der Waals surface area (Å²) in [4.78, 5) is 0. The molecule has 0 radical (unpaired) electrons. The molecule has 2 unspecified atom stereocenters. The van der Waals surface area contributed by atoms with E-state index in [0.29, 0.717) is 24.8 Å². The van der Waals surface area contributed by atoms with Crippen molar-refractivity contribution < 1.29 is 36.5 Å². The first kappa shape index (κ1) is 26.8. The van der Waals surface area contributed by atoms with Crippen molar-refractivity contribution in [3.63, 3.8) is 0 Å². The SMILES string of the molecule is CCOc1ccc(-c2ccc(C3=CCC(OCc4ccc(C(C)O)c(F)c4F)CC3)cc2F)c(F)c1F. The molecule has 3 nitrogen and oxygen atoms in total. The molecule has 3 aromatic carbocycles. The molecule has 1 N–H and O–H groups in total. The first-order chi connectivity index (χ1) is 17.7. The summed E-state index contributed by atoms with van der Waals surface area (Å²) >= 11 is 0. The molecule has 0 spiro atoms. The Bertz CT molecular complexity index is 1320. The van der Waals surface area contributed by atoms with Crippen molar-refractivity contribution in [3.05, 3.63) is 94.3 Å². The number of aliphatic hydroxyl groups excluding tert-OH is 1. The molecule has 4 rings (SSSR count). The van der Waals surface area contributed by atoms with Gasteiger partial charge in [0.25, 0.3) is 0 Å². The summed E-state index contributed by atoms with van der Waals surface area (Å²) in [6.07, 6.45) is 2.19. The highest BCUT2D eigenvalue weighted by Gasteiger charge is 2.22. The van der Waals surface area contributed by atoms with Gasteiger partial charge >= 0.3 is 0 Å². The number of hydrogen-bond acceptors (Lipinski definition) is 3. The third-order valence-corrected chi connectivity index (χ3v) is 6.46. The molecule has 2 atom stereocenters. The van der Waals surface area contributed by atoms with E-state index in [0.717, 1.165) is 5.57 Å². The predicted molar refractivity (Wildman–Crippen MR) is 130 cm³/mol. The van der Waals surface area contributed by atoms with Crippen molar-refractivity contribution in [2.45, 2.75) is 51.9 Å². The van der Waals surface area contributed by atoms with Crippen LogP contribution in [-0.2, 0) is 11.3 Å². The van der Waals surface area contributed by atoms with E-state index in [-0.39, 0.29) is 47.3 Å². The molecule has 0 saturated heterocycles. The smallest absolute Gasteiger partial charge is 0.201 e. The largest absolute Gasteiger partial charge is 0.491 e. The molecule has 1 aliphatic carbocycles. The van der Waals surface area contributed by atoms with Crippen LogP contribution in [0.2, 0.25) is 0 Å². The van der Waals surface area contributed by atoms with E-state index in [1.54, 1.807) is 13.0 Å². The molecule has 0 bridgehead atoms. The van der Waals surface area contributed by atoms with Crippen LogP contribution in [0.5, 0.6) is 5.75 Å². The second-order valence-corrected chi connectivity index (χ2v) is 8.92. The van der Waals surface area contributed by atoms with Gasteiger partial charge in [0.2, 0.25) is 5.82 Å². The van der Waals surface area contributed by atoms with Gasteiger partial charge in [0.1, 0.15) is 5.82 Å². The maximum absolute atomic E-state index is 14.9. The van der Waals surface area contributed by atoms with Crippen LogP contribution in [-0.4, -0.2) is 17.8 Å². The maximum atomic E-state index is 14.9. The number of hydrogen-bond donors (Lipinski definition) is 1. The van der Waals surface area contributed by atoms with Crippen LogP contribution in [0.3, 0.4) is 0 Å². The summed E-state index contributed by atoms with van der Waals surface area (Å²) in [6.45, 7) is 3.06. The van der Waals surface area contributed by atoms with Gasteiger partial charge in [0.05, 0.1) is 25.4 Å². The molecule has 0 fully saturated rings. The number of halogens is 5. The number of allylic oxidation sites excluding steroid dienone is 1. The van der Waals surface area contributed by atoms with E-state index < -0.39 is 35.2 Å². The van der Waals surface area contributed by atoms with Crippen molar-refractivity contribution in [2.75, 3.05) is 6.61 Å². The summed E-state index contributed by atoms with van der Waals surface area (Å²) in [6, 6.07) is 9.66. The van der Waals surface area contributed by atoms with Gasteiger partial charge in [-0.2, -0.15) is 4.39 Å². The minimum atomic E-state index is -1.17. The summed E-state index contributed by atoms with van der Waals surface area (Å²) < 4.78 is 82.9. The van der Waals surface area contributed by atoms with Gasteiger partial charge < -0.3 is 14.6 Å². The minimum Gasteiger partial charge on any atom is -0.491 e. The molecule has 0 amide bonds. The maximum Gasteiger partial charge on any atom is 0.201 e. The molecule has 3 aromatic rings. The lowest BCUT2D eigenvalue weighted by molar-refractivity contribution is 0.0341. The van der Waals surface area contributed by atoms with Gasteiger partial charge in [-0.3, -0.25) is 0 Å².